The molecule has 2 aliphatic heterocycles. The number of cyclic esters (lactones) is 1. The molecule has 1 N–H and O–H groups in total. The van der Waals surface area contributed by atoms with Crippen molar-refractivity contribution in [2.45, 2.75) is 58.2 Å². The van der Waals surface area contributed by atoms with Crippen LogP contribution in [0.3, 0.4) is 0 Å². The standard InChI is InChI=1S/C28H29ClN6O3S/c1-15(2)26-32-23(14-39-26)21-11-22-24(27(36)35(16(3)30-22)12-17-4-6-18(29)7-5-17)33-25(21)31-19-8-9-34-20(10-19)13-38-28(34)37/h4-7,11,14-15,19-20H,8-10,12-13H2,1-3H3,(H,31,33)/t19-,20-/m0/s1. The van der Waals surface area contributed by atoms with Crippen molar-refractivity contribution in [2.75, 3.05) is 18.5 Å². The van der Waals surface area contributed by atoms with Crippen LogP contribution in [0.25, 0.3) is 22.3 Å². The number of carbonyl (C=O) groups excluding carboxylic acids is 1. The largest absolute Gasteiger partial charge is 0.447 e. The Bertz CT molecular complexity index is 1620. The first-order chi connectivity index (χ1) is 18.8. The lowest BCUT2D eigenvalue weighted by atomic mass is 9.98. The van der Waals surface area contributed by atoms with E-state index in [-0.39, 0.29) is 23.7 Å². The maximum Gasteiger partial charge on any atom is 0.410 e. The van der Waals surface area contributed by atoms with Gasteiger partial charge in [-0.2, -0.15) is 0 Å². The maximum absolute atomic E-state index is 13.7. The number of piperidine rings is 1. The third-order valence-corrected chi connectivity index (χ3v) is 8.76. The van der Waals surface area contributed by atoms with Crippen LogP contribution in [0.1, 0.15) is 49.0 Å². The van der Waals surface area contributed by atoms with Gasteiger partial charge in [0, 0.05) is 34.5 Å². The quantitative estimate of drug-likeness (QED) is 0.332. The number of hydrogen-bond acceptors (Lipinski definition) is 8. The van der Waals surface area contributed by atoms with E-state index in [1.54, 1.807) is 20.8 Å². The molecule has 0 radical (unpaired) electrons. The van der Waals surface area contributed by atoms with E-state index in [2.05, 4.69) is 19.2 Å². The van der Waals surface area contributed by atoms with Gasteiger partial charge in [0.25, 0.3) is 5.56 Å². The zero-order chi connectivity index (χ0) is 27.3. The van der Waals surface area contributed by atoms with E-state index in [4.69, 9.17) is 31.3 Å². The number of amides is 1. The number of anilines is 1. The molecule has 9 nitrogen and oxygen atoms in total. The molecule has 0 bridgehead atoms. The van der Waals surface area contributed by atoms with Crippen molar-refractivity contribution in [3.8, 4) is 11.3 Å². The van der Waals surface area contributed by atoms with E-state index in [1.165, 1.54) is 0 Å². The molecular weight excluding hydrogens is 536 g/mol. The van der Waals surface area contributed by atoms with Crippen molar-refractivity contribution in [3.05, 3.63) is 67.5 Å². The Hall–Kier alpha value is -3.50. The SMILES string of the molecule is Cc1nc2cc(-c3csc(C(C)C)n3)c(N[C@H]3CCN4C(=O)OC[C@@H]4C3)nc2c(=O)n1Cc1ccc(Cl)cc1. The van der Waals surface area contributed by atoms with Crippen LogP contribution < -0.4 is 10.9 Å². The van der Waals surface area contributed by atoms with Gasteiger partial charge in [0.15, 0.2) is 5.52 Å². The van der Waals surface area contributed by atoms with Crippen LogP contribution in [-0.2, 0) is 11.3 Å². The highest BCUT2D eigenvalue weighted by Gasteiger charge is 2.38. The summed E-state index contributed by atoms with van der Waals surface area (Å²) in [6, 6.07) is 9.46. The summed E-state index contributed by atoms with van der Waals surface area (Å²) in [5.74, 6) is 1.51. The Morgan fingerprint density at radius 3 is 2.72 bits per heavy atom. The molecule has 3 aromatic heterocycles. The van der Waals surface area contributed by atoms with Gasteiger partial charge in [-0.3, -0.25) is 9.36 Å². The zero-order valence-electron chi connectivity index (χ0n) is 22.0. The molecular formula is C28H29ClN6O3S. The number of aromatic nitrogens is 4. The first-order valence-corrected chi connectivity index (χ1v) is 14.3. The summed E-state index contributed by atoms with van der Waals surface area (Å²) in [6.07, 6.45) is 1.26. The molecule has 0 unspecified atom stereocenters. The van der Waals surface area contributed by atoms with Crippen LogP contribution in [0.5, 0.6) is 0 Å². The van der Waals surface area contributed by atoms with Crippen molar-refractivity contribution in [1.82, 2.24) is 24.4 Å². The summed E-state index contributed by atoms with van der Waals surface area (Å²) < 4.78 is 6.89. The van der Waals surface area contributed by atoms with E-state index < -0.39 is 0 Å². The van der Waals surface area contributed by atoms with Gasteiger partial charge in [-0.15, -0.1) is 11.3 Å². The van der Waals surface area contributed by atoms with Gasteiger partial charge >= 0.3 is 6.09 Å². The van der Waals surface area contributed by atoms with E-state index in [0.717, 1.165) is 34.7 Å². The van der Waals surface area contributed by atoms with Crippen molar-refractivity contribution in [2.24, 2.45) is 0 Å². The molecule has 6 rings (SSSR count). The number of carbonyl (C=O) groups is 1. The van der Waals surface area contributed by atoms with Gasteiger partial charge in [-0.05, 0) is 43.5 Å². The fraction of sp³-hybridized carbons (Fsp3) is 0.393. The average Bonchev–Trinajstić information content (AvgIpc) is 3.55. The van der Waals surface area contributed by atoms with Crippen LogP contribution in [0.4, 0.5) is 10.6 Å². The number of nitrogens with zero attached hydrogens (tertiary/aromatic N) is 5. The third kappa shape index (κ3) is 4.98. The number of pyridine rings is 1. The van der Waals surface area contributed by atoms with Gasteiger partial charge < -0.3 is 15.0 Å². The minimum absolute atomic E-state index is 0.0420. The van der Waals surface area contributed by atoms with Gasteiger partial charge in [0.1, 0.15) is 18.2 Å². The maximum atomic E-state index is 13.7. The molecule has 202 valence electrons. The zero-order valence-corrected chi connectivity index (χ0v) is 23.6. The lowest BCUT2D eigenvalue weighted by Gasteiger charge is -2.33. The highest BCUT2D eigenvalue weighted by molar-refractivity contribution is 7.10. The smallest absolute Gasteiger partial charge is 0.410 e. The average molecular weight is 565 g/mol. The molecule has 2 saturated heterocycles. The monoisotopic (exact) mass is 564 g/mol. The highest BCUT2D eigenvalue weighted by atomic mass is 35.5. The second kappa shape index (κ2) is 10.2. The first-order valence-electron chi connectivity index (χ1n) is 13.1. The van der Waals surface area contributed by atoms with E-state index in [0.29, 0.717) is 53.3 Å². The summed E-state index contributed by atoms with van der Waals surface area (Å²) in [4.78, 5) is 42.0. The minimum atomic E-state index is -0.241. The second-order valence-corrected chi connectivity index (χ2v) is 11.8. The van der Waals surface area contributed by atoms with Crippen molar-refractivity contribution in [1.29, 1.82) is 0 Å². The number of aryl methyl sites for hydroxylation is 1. The summed E-state index contributed by atoms with van der Waals surface area (Å²) in [5.41, 5.74) is 3.21. The summed E-state index contributed by atoms with van der Waals surface area (Å²) >= 11 is 7.66. The number of hydrogen-bond donors (Lipinski definition) is 1. The third-order valence-electron chi connectivity index (χ3n) is 7.36. The molecule has 1 amide bonds. The van der Waals surface area contributed by atoms with Crippen LogP contribution in [0.2, 0.25) is 5.02 Å². The number of halogens is 1. The van der Waals surface area contributed by atoms with Gasteiger partial charge in [0.2, 0.25) is 0 Å². The lowest BCUT2D eigenvalue weighted by molar-refractivity contribution is 0.153. The Kier molecular flexibility index (Phi) is 6.76. The number of nitrogens with one attached hydrogen (secondary N) is 1. The predicted octanol–water partition coefficient (Wildman–Crippen LogP) is 5.44. The van der Waals surface area contributed by atoms with E-state index >= 15 is 0 Å². The van der Waals surface area contributed by atoms with Gasteiger partial charge in [-0.1, -0.05) is 37.6 Å². The van der Waals surface area contributed by atoms with E-state index in [1.807, 2.05) is 42.6 Å². The molecule has 0 spiro atoms. The van der Waals surface area contributed by atoms with Crippen molar-refractivity contribution < 1.29 is 9.53 Å². The first kappa shape index (κ1) is 25.8. The molecule has 1 aromatic carbocycles. The Labute approximate surface area is 234 Å². The molecule has 0 saturated carbocycles. The number of rotatable bonds is 6. The second-order valence-electron chi connectivity index (χ2n) is 10.4. The Morgan fingerprint density at radius 1 is 1.18 bits per heavy atom. The molecule has 0 aliphatic carbocycles. The summed E-state index contributed by atoms with van der Waals surface area (Å²) in [5, 5.41) is 7.30. The van der Waals surface area contributed by atoms with Crippen LogP contribution in [0, 0.1) is 6.92 Å². The number of benzene rings is 1. The molecule has 2 atom stereocenters. The summed E-state index contributed by atoms with van der Waals surface area (Å²) in [6.45, 7) is 7.46. The fourth-order valence-corrected chi connectivity index (χ4v) is 6.18. The van der Waals surface area contributed by atoms with Crippen LogP contribution in [-0.4, -0.2) is 55.7 Å². The molecule has 2 fully saturated rings. The normalized spacial score (nSPS) is 19.0. The van der Waals surface area contributed by atoms with Crippen LogP contribution >= 0.6 is 22.9 Å². The molecule has 4 aromatic rings. The highest BCUT2D eigenvalue weighted by Crippen LogP contribution is 2.34. The fourth-order valence-electron chi connectivity index (χ4n) is 5.22. The van der Waals surface area contributed by atoms with E-state index in [9.17, 15) is 9.59 Å². The predicted molar refractivity (Wildman–Crippen MR) is 153 cm³/mol. The Morgan fingerprint density at radius 2 is 1.97 bits per heavy atom. The molecule has 11 heteroatoms. The molecule has 5 heterocycles. The lowest BCUT2D eigenvalue weighted by Crippen LogP contribution is -2.45. The number of ether oxygens (including phenoxy) is 1. The van der Waals surface area contributed by atoms with Gasteiger partial charge in [-0.25, -0.2) is 19.7 Å². The van der Waals surface area contributed by atoms with Crippen molar-refractivity contribution in [3.63, 3.8) is 0 Å². The number of thiazole rings is 1. The molecule has 2 aliphatic rings. The minimum Gasteiger partial charge on any atom is -0.447 e. The topological polar surface area (TPSA) is 102 Å². The Balaban J connectivity index is 1.41. The van der Waals surface area contributed by atoms with Crippen LogP contribution in [0.15, 0.2) is 40.5 Å². The molecule has 39 heavy (non-hydrogen) atoms. The van der Waals surface area contributed by atoms with Gasteiger partial charge in [0.05, 0.1) is 28.8 Å². The summed E-state index contributed by atoms with van der Waals surface area (Å²) in [7, 11) is 0. The van der Waals surface area contributed by atoms with Crippen molar-refractivity contribution >= 4 is 45.9 Å². The number of fused-ring (bicyclic) bond motifs is 2.